The van der Waals surface area contributed by atoms with E-state index >= 15 is 0 Å². The molecule has 1 aliphatic carbocycles. The molecule has 0 aliphatic heterocycles. The summed E-state index contributed by atoms with van der Waals surface area (Å²) in [6.45, 7) is 0. The first-order chi connectivity index (χ1) is 9.02. The Morgan fingerprint density at radius 2 is 1.84 bits per heavy atom. The number of hydrogen-bond acceptors (Lipinski definition) is 2. The molecule has 0 heterocycles. The van der Waals surface area contributed by atoms with Gasteiger partial charge in [-0.15, -0.1) is 0 Å². The first kappa shape index (κ1) is 14.1. The minimum atomic E-state index is -0.536. The van der Waals surface area contributed by atoms with Crippen LogP contribution in [0.1, 0.15) is 25.7 Å². The summed E-state index contributed by atoms with van der Waals surface area (Å²) in [5.41, 5.74) is 5.91. The van der Waals surface area contributed by atoms with Crippen LogP contribution in [0.4, 0.5) is 10.5 Å². The van der Waals surface area contributed by atoms with E-state index in [1.54, 1.807) is 24.3 Å². The molecule has 4 N–H and O–H groups in total. The van der Waals surface area contributed by atoms with Crippen LogP contribution < -0.4 is 16.4 Å². The first-order valence-electron chi connectivity index (χ1n) is 6.16. The van der Waals surface area contributed by atoms with Gasteiger partial charge in [-0.2, -0.15) is 0 Å². The van der Waals surface area contributed by atoms with Crippen molar-refractivity contribution in [3.8, 4) is 0 Å². The number of urea groups is 1. The molecule has 1 saturated carbocycles. The number of carbonyl (C=O) groups excluding carboxylic acids is 1. The van der Waals surface area contributed by atoms with Gasteiger partial charge < -0.3 is 16.4 Å². The molecule has 0 aromatic heterocycles. The highest BCUT2D eigenvalue weighted by Crippen LogP contribution is 2.30. The summed E-state index contributed by atoms with van der Waals surface area (Å²) in [6, 6.07) is 6.62. The van der Waals surface area contributed by atoms with E-state index in [4.69, 9.17) is 29.6 Å². The highest BCUT2D eigenvalue weighted by Gasteiger charge is 2.38. The van der Waals surface area contributed by atoms with Crippen molar-refractivity contribution in [2.75, 3.05) is 5.32 Å². The first-order valence-corrected chi connectivity index (χ1v) is 6.95. The fraction of sp³-hybridized carbons (Fsp3) is 0.385. The van der Waals surface area contributed by atoms with E-state index in [0.29, 0.717) is 15.7 Å². The number of anilines is 1. The molecular weight excluding hydrogens is 282 g/mol. The lowest BCUT2D eigenvalue weighted by atomic mass is 9.98. The van der Waals surface area contributed by atoms with E-state index in [1.165, 1.54) is 0 Å². The van der Waals surface area contributed by atoms with Crippen molar-refractivity contribution in [3.63, 3.8) is 0 Å². The molecule has 4 nitrogen and oxygen atoms in total. The number of benzene rings is 1. The van der Waals surface area contributed by atoms with Gasteiger partial charge in [0.25, 0.3) is 0 Å². The largest absolute Gasteiger partial charge is 0.391 e. The van der Waals surface area contributed by atoms with Gasteiger partial charge in [-0.05, 0) is 37.1 Å². The van der Waals surface area contributed by atoms with Gasteiger partial charge in [-0.3, -0.25) is 0 Å². The second-order valence-corrected chi connectivity index (χ2v) is 5.62. The lowest BCUT2D eigenvalue weighted by Gasteiger charge is -2.29. The van der Waals surface area contributed by atoms with Gasteiger partial charge >= 0.3 is 6.03 Å². The SMILES string of the molecule is NC(=S)C1(NC(=O)Nc2ccc(Cl)cc2)CCCC1. The summed E-state index contributed by atoms with van der Waals surface area (Å²) in [6.07, 6.45) is 3.66. The van der Waals surface area contributed by atoms with Crippen LogP contribution in [0.25, 0.3) is 0 Å². The topological polar surface area (TPSA) is 67.1 Å². The zero-order valence-corrected chi connectivity index (χ0v) is 12.0. The Morgan fingerprint density at radius 3 is 2.37 bits per heavy atom. The monoisotopic (exact) mass is 297 g/mol. The molecule has 6 heteroatoms. The lowest BCUT2D eigenvalue weighted by Crippen LogP contribution is -2.55. The molecule has 102 valence electrons. The zero-order chi connectivity index (χ0) is 13.9. The van der Waals surface area contributed by atoms with Gasteiger partial charge in [-0.1, -0.05) is 36.7 Å². The zero-order valence-electron chi connectivity index (χ0n) is 10.4. The summed E-state index contributed by atoms with van der Waals surface area (Å²) < 4.78 is 0. The number of hydrogen-bond donors (Lipinski definition) is 3. The molecule has 0 radical (unpaired) electrons. The molecular formula is C13H16ClN3OS. The number of nitrogens with one attached hydrogen (secondary N) is 2. The number of halogens is 1. The maximum Gasteiger partial charge on any atom is 0.320 e. The third kappa shape index (κ3) is 3.36. The van der Waals surface area contributed by atoms with E-state index in [2.05, 4.69) is 10.6 Å². The maximum atomic E-state index is 12.0. The quantitative estimate of drug-likeness (QED) is 0.751. The number of nitrogens with two attached hydrogens (primary N) is 1. The third-order valence-corrected chi connectivity index (χ3v) is 4.03. The molecule has 1 aliphatic rings. The van der Waals surface area contributed by atoms with Crippen LogP contribution in [0.2, 0.25) is 5.02 Å². The minimum absolute atomic E-state index is 0.294. The summed E-state index contributed by atoms with van der Waals surface area (Å²) in [5, 5.41) is 6.28. The van der Waals surface area contributed by atoms with Crippen molar-refractivity contribution in [1.82, 2.24) is 5.32 Å². The van der Waals surface area contributed by atoms with Crippen LogP contribution in [0, 0.1) is 0 Å². The second-order valence-electron chi connectivity index (χ2n) is 4.74. The molecule has 2 rings (SSSR count). The van der Waals surface area contributed by atoms with Crippen molar-refractivity contribution in [3.05, 3.63) is 29.3 Å². The van der Waals surface area contributed by atoms with Crippen LogP contribution in [0.5, 0.6) is 0 Å². The van der Waals surface area contributed by atoms with Crippen molar-refractivity contribution >= 4 is 40.5 Å². The molecule has 1 aromatic carbocycles. The van der Waals surface area contributed by atoms with Gasteiger partial charge in [0.15, 0.2) is 0 Å². The molecule has 2 amide bonds. The van der Waals surface area contributed by atoms with Crippen molar-refractivity contribution < 1.29 is 4.79 Å². The van der Waals surface area contributed by atoms with Gasteiger partial charge in [0.05, 0.1) is 10.5 Å². The molecule has 1 aromatic rings. The molecule has 0 bridgehead atoms. The van der Waals surface area contributed by atoms with E-state index < -0.39 is 5.54 Å². The van der Waals surface area contributed by atoms with E-state index in [0.717, 1.165) is 25.7 Å². The third-order valence-electron chi connectivity index (χ3n) is 3.38. The smallest absolute Gasteiger partial charge is 0.320 e. The fourth-order valence-electron chi connectivity index (χ4n) is 2.32. The number of amides is 2. The number of thiocarbonyl (C=S) groups is 1. The molecule has 19 heavy (non-hydrogen) atoms. The number of carbonyl (C=O) groups is 1. The van der Waals surface area contributed by atoms with Crippen LogP contribution in [0.15, 0.2) is 24.3 Å². The van der Waals surface area contributed by atoms with Crippen molar-refractivity contribution in [1.29, 1.82) is 0 Å². The van der Waals surface area contributed by atoms with Crippen molar-refractivity contribution in [2.45, 2.75) is 31.2 Å². The van der Waals surface area contributed by atoms with Crippen LogP contribution in [-0.4, -0.2) is 16.6 Å². The standard InChI is InChI=1S/C13H16ClN3OS/c14-9-3-5-10(6-4-9)16-12(18)17-13(11(15)19)7-1-2-8-13/h3-6H,1-2,7-8H2,(H2,15,19)(H2,16,17,18). The molecule has 0 atom stereocenters. The van der Waals surface area contributed by atoms with E-state index in [9.17, 15) is 4.79 Å². The number of rotatable bonds is 3. The summed E-state index contributed by atoms with van der Waals surface area (Å²) >= 11 is 10.9. The Morgan fingerprint density at radius 1 is 1.26 bits per heavy atom. The predicted molar refractivity (Wildman–Crippen MR) is 81.6 cm³/mol. The minimum Gasteiger partial charge on any atom is -0.391 e. The van der Waals surface area contributed by atoms with Crippen LogP contribution in [-0.2, 0) is 0 Å². The maximum absolute atomic E-state index is 12.0. The van der Waals surface area contributed by atoms with Gasteiger partial charge in [0.2, 0.25) is 0 Å². The van der Waals surface area contributed by atoms with Crippen LogP contribution >= 0.6 is 23.8 Å². The van der Waals surface area contributed by atoms with E-state index in [1.807, 2.05) is 0 Å². The highest BCUT2D eigenvalue weighted by molar-refractivity contribution is 7.80. The van der Waals surface area contributed by atoms with Gasteiger partial charge in [0.1, 0.15) is 0 Å². The fourth-order valence-corrected chi connectivity index (χ4v) is 2.71. The Bertz CT molecular complexity index is 483. The average molecular weight is 298 g/mol. The van der Waals surface area contributed by atoms with Gasteiger partial charge in [-0.25, -0.2) is 4.79 Å². The molecule has 0 saturated heterocycles. The molecule has 1 fully saturated rings. The highest BCUT2D eigenvalue weighted by atomic mass is 35.5. The van der Waals surface area contributed by atoms with E-state index in [-0.39, 0.29) is 6.03 Å². The van der Waals surface area contributed by atoms with Crippen molar-refractivity contribution in [2.24, 2.45) is 5.73 Å². The Hall–Kier alpha value is -1.33. The second kappa shape index (κ2) is 5.75. The Labute approximate surface area is 122 Å². The van der Waals surface area contributed by atoms with Crippen LogP contribution in [0.3, 0.4) is 0 Å². The predicted octanol–water partition coefficient (Wildman–Crippen LogP) is 3.06. The summed E-state index contributed by atoms with van der Waals surface area (Å²) in [7, 11) is 0. The summed E-state index contributed by atoms with van der Waals surface area (Å²) in [4.78, 5) is 12.4. The summed E-state index contributed by atoms with van der Waals surface area (Å²) in [5.74, 6) is 0. The Kier molecular flexibility index (Phi) is 4.27. The average Bonchev–Trinajstić information content (AvgIpc) is 2.82. The Balaban J connectivity index is 2.00. The molecule has 0 spiro atoms. The normalized spacial score (nSPS) is 16.9. The molecule has 0 unspecified atom stereocenters. The van der Waals surface area contributed by atoms with Gasteiger partial charge in [0, 0.05) is 10.7 Å². The lowest BCUT2D eigenvalue weighted by molar-refractivity contribution is 0.245.